The summed E-state index contributed by atoms with van der Waals surface area (Å²) in [7, 11) is -0.523. The van der Waals surface area contributed by atoms with Crippen LogP contribution >= 0.6 is 0 Å². The van der Waals surface area contributed by atoms with Gasteiger partial charge in [-0.05, 0) is 12.8 Å². The Morgan fingerprint density at radius 1 is 1.38 bits per heavy atom. The SMILES string of the molecule is COc1nccnc1OC1CCCN(C(=O)CN(C)S(C)(=O)=O)C1. The summed E-state index contributed by atoms with van der Waals surface area (Å²) >= 11 is 0. The van der Waals surface area contributed by atoms with Crippen LogP contribution in [-0.4, -0.2) is 79.6 Å². The summed E-state index contributed by atoms with van der Waals surface area (Å²) in [5, 5.41) is 0. The Balaban J connectivity index is 1.97. The normalized spacial score (nSPS) is 18.5. The molecular formula is C14H22N4O5S. The third kappa shape index (κ3) is 4.78. The molecule has 0 aliphatic carbocycles. The molecule has 1 aromatic rings. The predicted octanol–water partition coefficient (Wildman–Crippen LogP) is -0.254. The number of amides is 1. The molecule has 0 N–H and O–H groups in total. The number of likely N-dealkylation sites (N-methyl/N-ethyl adjacent to an activating group) is 1. The van der Waals surface area contributed by atoms with Crippen molar-refractivity contribution in [3.63, 3.8) is 0 Å². The summed E-state index contributed by atoms with van der Waals surface area (Å²) in [5.41, 5.74) is 0. The topological polar surface area (TPSA) is 102 Å². The molecule has 24 heavy (non-hydrogen) atoms. The molecule has 1 atom stereocenters. The minimum absolute atomic E-state index is 0.181. The quantitative estimate of drug-likeness (QED) is 0.691. The van der Waals surface area contributed by atoms with Crippen molar-refractivity contribution >= 4 is 15.9 Å². The summed E-state index contributed by atoms with van der Waals surface area (Å²) in [5.74, 6) is 0.327. The van der Waals surface area contributed by atoms with Crippen molar-refractivity contribution in [1.29, 1.82) is 0 Å². The maximum atomic E-state index is 12.3. The number of ether oxygens (including phenoxy) is 2. The van der Waals surface area contributed by atoms with Crippen LogP contribution in [0.5, 0.6) is 11.8 Å². The highest BCUT2D eigenvalue weighted by atomic mass is 32.2. The number of piperidine rings is 1. The second kappa shape index (κ2) is 7.75. The lowest BCUT2D eigenvalue weighted by Gasteiger charge is -2.33. The van der Waals surface area contributed by atoms with Crippen LogP contribution < -0.4 is 9.47 Å². The van der Waals surface area contributed by atoms with E-state index in [0.717, 1.165) is 23.4 Å². The highest BCUT2D eigenvalue weighted by molar-refractivity contribution is 7.88. The van der Waals surface area contributed by atoms with E-state index in [1.54, 1.807) is 4.90 Å². The van der Waals surface area contributed by atoms with E-state index in [1.165, 1.54) is 26.6 Å². The molecule has 10 heteroatoms. The smallest absolute Gasteiger partial charge is 0.278 e. The molecule has 1 aliphatic heterocycles. The largest absolute Gasteiger partial charge is 0.477 e. The van der Waals surface area contributed by atoms with E-state index in [0.29, 0.717) is 13.1 Å². The van der Waals surface area contributed by atoms with Crippen LogP contribution in [0, 0.1) is 0 Å². The van der Waals surface area contributed by atoms with Gasteiger partial charge in [0.15, 0.2) is 0 Å². The summed E-state index contributed by atoms with van der Waals surface area (Å²) in [6.45, 7) is 0.768. The summed E-state index contributed by atoms with van der Waals surface area (Å²) in [4.78, 5) is 22.0. The zero-order valence-electron chi connectivity index (χ0n) is 14.0. The lowest BCUT2D eigenvalue weighted by molar-refractivity contribution is -0.133. The first-order valence-corrected chi connectivity index (χ1v) is 9.37. The number of carbonyl (C=O) groups is 1. The van der Waals surface area contributed by atoms with Crippen molar-refractivity contribution in [1.82, 2.24) is 19.2 Å². The zero-order chi connectivity index (χ0) is 17.7. The first kappa shape index (κ1) is 18.4. The monoisotopic (exact) mass is 358 g/mol. The number of aromatic nitrogens is 2. The molecule has 1 aliphatic rings. The van der Waals surface area contributed by atoms with E-state index in [-0.39, 0.29) is 30.3 Å². The number of hydrogen-bond donors (Lipinski definition) is 0. The lowest BCUT2D eigenvalue weighted by atomic mass is 10.1. The number of methoxy groups -OCH3 is 1. The molecule has 0 saturated carbocycles. The van der Waals surface area contributed by atoms with Crippen LogP contribution in [0.1, 0.15) is 12.8 Å². The van der Waals surface area contributed by atoms with Crippen LogP contribution in [0.15, 0.2) is 12.4 Å². The Morgan fingerprint density at radius 2 is 2.04 bits per heavy atom. The van der Waals surface area contributed by atoms with Crippen molar-refractivity contribution in [2.75, 3.05) is 40.0 Å². The fraction of sp³-hybridized carbons (Fsp3) is 0.643. The van der Waals surface area contributed by atoms with Gasteiger partial charge in [-0.1, -0.05) is 0 Å². The van der Waals surface area contributed by atoms with Gasteiger partial charge in [-0.15, -0.1) is 0 Å². The number of sulfonamides is 1. The summed E-state index contributed by atoms with van der Waals surface area (Å²) in [6, 6.07) is 0. The van der Waals surface area contributed by atoms with E-state index in [2.05, 4.69) is 9.97 Å². The number of nitrogens with zero attached hydrogens (tertiary/aromatic N) is 4. The molecule has 9 nitrogen and oxygen atoms in total. The molecule has 2 rings (SSSR count). The van der Waals surface area contributed by atoms with Crippen LogP contribution in [0.3, 0.4) is 0 Å². The summed E-state index contributed by atoms with van der Waals surface area (Å²) in [6.07, 6.45) is 5.38. The molecule has 1 fully saturated rings. The van der Waals surface area contributed by atoms with E-state index < -0.39 is 10.0 Å². The Labute approximate surface area is 141 Å². The van der Waals surface area contributed by atoms with Gasteiger partial charge in [0.05, 0.1) is 26.5 Å². The van der Waals surface area contributed by atoms with Crippen LogP contribution in [0.4, 0.5) is 0 Å². The standard InChI is InChI=1S/C14H22N4O5S/c1-17(24(3,20)21)10-12(19)18-8-4-5-11(9-18)23-14-13(22-2)15-6-7-16-14/h6-7,11H,4-5,8-10H2,1-3H3. The first-order chi connectivity index (χ1) is 11.3. The van der Waals surface area contributed by atoms with Gasteiger partial charge in [-0.25, -0.2) is 18.4 Å². The van der Waals surface area contributed by atoms with E-state index in [4.69, 9.17) is 9.47 Å². The fourth-order valence-electron chi connectivity index (χ4n) is 2.36. The average molecular weight is 358 g/mol. The van der Waals surface area contributed by atoms with Gasteiger partial charge in [0.2, 0.25) is 15.9 Å². The van der Waals surface area contributed by atoms with Gasteiger partial charge in [0.25, 0.3) is 11.8 Å². The van der Waals surface area contributed by atoms with Gasteiger partial charge >= 0.3 is 0 Å². The number of carbonyl (C=O) groups excluding carboxylic acids is 1. The molecule has 0 bridgehead atoms. The fourth-order valence-corrected chi connectivity index (χ4v) is 2.70. The molecule has 0 radical (unpaired) electrons. The molecule has 1 saturated heterocycles. The van der Waals surface area contributed by atoms with Crippen LogP contribution in [0.2, 0.25) is 0 Å². The third-order valence-electron chi connectivity index (χ3n) is 3.76. The maximum absolute atomic E-state index is 12.3. The summed E-state index contributed by atoms with van der Waals surface area (Å²) < 4.78 is 34.8. The molecule has 134 valence electrons. The Kier molecular flexibility index (Phi) is 5.94. The molecular weight excluding hydrogens is 336 g/mol. The van der Waals surface area contributed by atoms with Gasteiger partial charge < -0.3 is 14.4 Å². The van der Waals surface area contributed by atoms with Crippen molar-refractivity contribution < 1.29 is 22.7 Å². The number of likely N-dealkylation sites (tertiary alicyclic amines) is 1. The molecule has 1 aromatic heterocycles. The highest BCUT2D eigenvalue weighted by Gasteiger charge is 2.28. The van der Waals surface area contributed by atoms with Gasteiger partial charge in [-0.2, -0.15) is 4.31 Å². The highest BCUT2D eigenvalue weighted by Crippen LogP contribution is 2.23. The third-order valence-corrected chi connectivity index (χ3v) is 5.02. The van der Waals surface area contributed by atoms with Crippen molar-refractivity contribution in [2.45, 2.75) is 18.9 Å². The van der Waals surface area contributed by atoms with E-state index in [1.807, 2.05) is 0 Å². The molecule has 0 spiro atoms. The van der Waals surface area contributed by atoms with Gasteiger partial charge in [-0.3, -0.25) is 4.79 Å². The molecule has 0 aromatic carbocycles. The first-order valence-electron chi connectivity index (χ1n) is 7.52. The molecule has 1 unspecified atom stereocenters. The predicted molar refractivity (Wildman–Crippen MR) is 86.3 cm³/mol. The second-order valence-corrected chi connectivity index (χ2v) is 7.70. The maximum Gasteiger partial charge on any atom is 0.278 e. The number of rotatable bonds is 6. The van der Waals surface area contributed by atoms with Crippen molar-refractivity contribution in [3.8, 4) is 11.8 Å². The minimum atomic E-state index is -3.39. The van der Waals surface area contributed by atoms with Gasteiger partial charge in [0.1, 0.15) is 6.10 Å². The van der Waals surface area contributed by atoms with Crippen molar-refractivity contribution in [3.05, 3.63) is 12.4 Å². The number of hydrogen-bond acceptors (Lipinski definition) is 7. The zero-order valence-corrected chi connectivity index (χ0v) is 14.8. The molecule has 1 amide bonds. The van der Waals surface area contributed by atoms with E-state index >= 15 is 0 Å². The van der Waals surface area contributed by atoms with Crippen LogP contribution in [0.25, 0.3) is 0 Å². The van der Waals surface area contributed by atoms with Crippen LogP contribution in [-0.2, 0) is 14.8 Å². The minimum Gasteiger partial charge on any atom is -0.477 e. The van der Waals surface area contributed by atoms with Crippen molar-refractivity contribution in [2.24, 2.45) is 0 Å². The average Bonchev–Trinajstić information content (AvgIpc) is 2.54. The second-order valence-electron chi connectivity index (χ2n) is 5.61. The molecule has 2 heterocycles. The van der Waals surface area contributed by atoms with E-state index in [9.17, 15) is 13.2 Å². The lowest BCUT2D eigenvalue weighted by Crippen LogP contribution is -2.48. The Bertz CT molecular complexity index is 681. The Hall–Kier alpha value is -1.94. The van der Waals surface area contributed by atoms with Gasteiger partial charge in [0, 0.05) is 26.0 Å². The Morgan fingerprint density at radius 3 is 2.67 bits per heavy atom.